The van der Waals surface area contributed by atoms with Crippen LogP contribution in [0.2, 0.25) is 0 Å². The minimum absolute atomic E-state index is 0.271. The Kier molecular flexibility index (Phi) is 16.5. The summed E-state index contributed by atoms with van der Waals surface area (Å²) in [6, 6.07) is 64.0. The second-order valence-corrected chi connectivity index (χ2v) is 15.1. The van der Waals surface area contributed by atoms with Crippen molar-refractivity contribution in [1.29, 1.82) is 0 Å². The van der Waals surface area contributed by atoms with Crippen LogP contribution in [0.3, 0.4) is 0 Å². The van der Waals surface area contributed by atoms with Crippen LogP contribution < -0.4 is 46.5 Å². The highest BCUT2D eigenvalue weighted by molar-refractivity contribution is 7.56. The van der Waals surface area contributed by atoms with Gasteiger partial charge in [-0.05, 0) is 72.8 Å². The van der Waals surface area contributed by atoms with Crippen LogP contribution >= 0.6 is 33.6 Å². The predicted octanol–water partition coefficient (Wildman–Crippen LogP) is 3.32. The van der Waals surface area contributed by atoms with Crippen LogP contribution in [0.1, 0.15) is 0 Å². The number of hydrogen-bond donors (Lipinski definition) is 0. The Morgan fingerprint density at radius 1 is 0.295 bits per heavy atom. The van der Waals surface area contributed by atoms with Gasteiger partial charge in [-0.2, -0.15) is 7.82 Å². The molecule has 0 radical (unpaired) electrons. The molecular formula is C36H36O4P4. The average molecular weight is 657 g/mol. The fraction of sp³-hybridized carbons (Fsp3) is 0. The number of hydrogen-bond acceptors (Lipinski definition) is 4. The second-order valence-electron chi connectivity index (χ2n) is 9.34. The normalized spacial score (nSPS) is 10.1. The zero-order valence-corrected chi connectivity index (χ0v) is 28.5. The van der Waals surface area contributed by atoms with Crippen molar-refractivity contribution in [3.8, 4) is 0 Å². The summed E-state index contributed by atoms with van der Waals surface area (Å²) in [6.07, 6.45) is 0. The zero-order chi connectivity index (χ0) is 31.3. The van der Waals surface area contributed by atoms with Crippen LogP contribution in [0.15, 0.2) is 182 Å². The van der Waals surface area contributed by atoms with Crippen molar-refractivity contribution in [1.82, 2.24) is 0 Å². The first kappa shape index (κ1) is 35.2. The predicted molar refractivity (Wildman–Crippen MR) is 193 cm³/mol. The quantitative estimate of drug-likeness (QED) is 0.258. The molecule has 0 N–H and O–H groups in total. The molecule has 0 heterocycles. The SMILES string of the molecule is O=P([O-])([O-])[O-].c1ccc([PH2+]c2ccccc2)cc1.c1ccc([PH2+]c2ccccc2)cc1.c1ccc([PH2+]c2ccccc2)cc1. The molecule has 0 saturated carbocycles. The summed E-state index contributed by atoms with van der Waals surface area (Å²) < 4.78 is 8.55. The maximum absolute atomic E-state index is 8.55. The molecule has 0 aliphatic heterocycles. The average Bonchev–Trinajstić information content (AvgIpc) is 3.04. The van der Waals surface area contributed by atoms with E-state index in [2.05, 4.69) is 182 Å². The zero-order valence-electron chi connectivity index (χ0n) is 24.1. The number of phosphoric acid groups is 1. The van der Waals surface area contributed by atoms with Crippen LogP contribution in [-0.2, 0) is 4.57 Å². The van der Waals surface area contributed by atoms with Crippen molar-refractivity contribution < 1.29 is 19.2 Å². The van der Waals surface area contributed by atoms with Crippen LogP contribution in [-0.4, -0.2) is 0 Å². The van der Waals surface area contributed by atoms with Gasteiger partial charge in [0, 0.05) is 0 Å². The van der Waals surface area contributed by atoms with Gasteiger partial charge in [0.05, 0.1) is 57.6 Å². The first-order valence-electron chi connectivity index (χ1n) is 13.9. The van der Waals surface area contributed by atoms with Gasteiger partial charge in [-0.1, -0.05) is 109 Å². The molecule has 0 aromatic heterocycles. The van der Waals surface area contributed by atoms with Crippen molar-refractivity contribution >= 4 is 65.4 Å². The Morgan fingerprint density at radius 2 is 0.409 bits per heavy atom. The van der Waals surface area contributed by atoms with E-state index in [1.165, 1.54) is 31.8 Å². The Labute approximate surface area is 265 Å². The minimum atomic E-state index is -5.39. The summed E-state index contributed by atoms with van der Waals surface area (Å²) in [4.78, 5) is 25.6. The molecule has 0 unspecified atom stereocenters. The van der Waals surface area contributed by atoms with Gasteiger partial charge in [-0.15, -0.1) is 0 Å². The molecule has 0 bridgehead atoms. The van der Waals surface area contributed by atoms with Crippen LogP contribution in [0.25, 0.3) is 0 Å². The molecular weight excluding hydrogens is 620 g/mol. The molecule has 224 valence electrons. The van der Waals surface area contributed by atoms with Crippen molar-refractivity contribution in [2.75, 3.05) is 0 Å². The lowest BCUT2D eigenvalue weighted by atomic mass is 10.4. The third kappa shape index (κ3) is 17.1. The molecule has 44 heavy (non-hydrogen) atoms. The van der Waals surface area contributed by atoms with Crippen LogP contribution in [0.4, 0.5) is 0 Å². The maximum Gasteiger partial charge on any atom is 0.0942 e. The van der Waals surface area contributed by atoms with Gasteiger partial charge in [-0.25, -0.2) is 0 Å². The summed E-state index contributed by atoms with van der Waals surface area (Å²) in [6.45, 7) is 0. The van der Waals surface area contributed by atoms with Gasteiger partial charge in [0.25, 0.3) is 0 Å². The molecule has 0 aliphatic carbocycles. The Hall–Kier alpha value is -3.28. The Bertz CT molecular complexity index is 1300. The molecule has 0 saturated heterocycles. The summed E-state index contributed by atoms with van der Waals surface area (Å²) in [5, 5.41) is 8.72. The molecule has 6 aromatic rings. The van der Waals surface area contributed by atoms with Crippen molar-refractivity contribution in [2.45, 2.75) is 0 Å². The lowest BCUT2D eigenvalue weighted by Gasteiger charge is -2.36. The van der Waals surface area contributed by atoms with E-state index < -0.39 is 7.82 Å². The van der Waals surface area contributed by atoms with Crippen molar-refractivity contribution in [2.24, 2.45) is 0 Å². The minimum Gasteiger partial charge on any atom is -0.822 e. The van der Waals surface area contributed by atoms with Gasteiger partial charge in [0.15, 0.2) is 0 Å². The van der Waals surface area contributed by atoms with E-state index in [0.717, 1.165) is 0 Å². The molecule has 6 rings (SSSR count). The van der Waals surface area contributed by atoms with Crippen LogP contribution in [0, 0.1) is 0 Å². The molecule has 0 fully saturated rings. The van der Waals surface area contributed by atoms with Gasteiger partial charge in [-0.3, -0.25) is 0 Å². The fourth-order valence-corrected chi connectivity index (χ4v) is 7.52. The van der Waals surface area contributed by atoms with E-state index in [4.69, 9.17) is 19.2 Å². The van der Waals surface area contributed by atoms with Gasteiger partial charge < -0.3 is 19.2 Å². The first-order valence-corrected chi connectivity index (χ1v) is 18.9. The summed E-state index contributed by atoms with van der Waals surface area (Å²) in [5.41, 5.74) is 0. The highest BCUT2D eigenvalue weighted by Gasteiger charge is 2.02. The molecule has 0 amide bonds. The topological polar surface area (TPSA) is 86.2 Å². The molecule has 0 aliphatic rings. The largest absolute Gasteiger partial charge is 0.822 e. The van der Waals surface area contributed by atoms with Gasteiger partial charge in [0.1, 0.15) is 0 Å². The monoisotopic (exact) mass is 656 g/mol. The summed E-state index contributed by atoms with van der Waals surface area (Å²) in [7, 11) is -4.58. The number of rotatable bonds is 6. The lowest BCUT2D eigenvalue weighted by molar-refractivity contribution is -0.432. The van der Waals surface area contributed by atoms with E-state index in [0.29, 0.717) is 0 Å². The van der Waals surface area contributed by atoms with Crippen molar-refractivity contribution in [3.05, 3.63) is 182 Å². The Morgan fingerprint density at radius 3 is 0.523 bits per heavy atom. The van der Waals surface area contributed by atoms with Crippen molar-refractivity contribution in [3.63, 3.8) is 0 Å². The molecule has 8 heteroatoms. The maximum atomic E-state index is 8.55. The van der Waals surface area contributed by atoms with E-state index in [1.807, 2.05) is 0 Å². The van der Waals surface area contributed by atoms with Gasteiger partial charge in [0.2, 0.25) is 0 Å². The molecule has 0 spiro atoms. The fourth-order valence-electron chi connectivity index (χ4n) is 3.87. The second kappa shape index (κ2) is 20.6. The third-order valence-electron chi connectivity index (χ3n) is 5.80. The van der Waals surface area contributed by atoms with Crippen LogP contribution in [0.5, 0.6) is 0 Å². The highest BCUT2D eigenvalue weighted by Crippen LogP contribution is 2.10. The summed E-state index contributed by atoms with van der Waals surface area (Å²) >= 11 is 0. The lowest BCUT2D eigenvalue weighted by Crippen LogP contribution is -2.24. The standard InChI is InChI=1S/3C12H11P.H3O4P/c3*1-3-7-11(8-4-1)13-12-9-5-2-6-10-12;1-5(2,3)4/h3*1-10,13H;(H3,1,2,3,4). The first-order chi connectivity index (χ1) is 21.3. The number of benzene rings is 6. The Balaban J connectivity index is 0.000000168. The molecule has 6 aromatic carbocycles. The molecule has 4 nitrogen and oxygen atoms in total. The smallest absolute Gasteiger partial charge is 0.0942 e. The van der Waals surface area contributed by atoms with E-state index in [1.54, 1.807) is 0 Å². The third-order valence-corrected chi connectivity index (χ3v) is 10.1. The highest BCUT2D eigenvalue weighted by atomic mass is 31.2. The van der Waals surface area contributed by atoms with E-state index in [-0.39, 0.29) is 25.7 Å². The van der Waals surface area contributed by atoms with Gasteiger partial charge >= 0.3 is 0 Å². The molecule has 0 atom stereocenters. The van der Waals surface area contributed by atoms with E-state index >= 15 is 0 Å². The summed E-state index contributed by atoms with van der Waals surface area (Å²) in [5.74, 6) is 0. The van der Waals surface area contributed by atoms with E-state index in [9.17, 15) is 0 Å².